The number of aliphatic carboxylic acids is 1. The first-order valence-electron chi connectivity index (χ1n) is 5.34. The third-order valence-corrected chi connectivity index (χ3v) is 3.75. The van der Waals surface area contributed by atoms with E-state index in [1.165, 1.54) is 25.1 Å². The van der Waals surface area contributed by atoms with Gasteiger partial charge in [-0.3, -0.25) is 0 Å². The molecule has 0 spiro atoms. The lowest BCUT2D eigenvalue weighted by Gasteiger charge is -2.26. The van der Waals surface area contributed by atoms with Crippen LogP contribution in [0.15, 0.2) is 29.2 Å². The Kier molecular flexibility index (Phi) is 3.98. The summed E-state index contributed by atoms with van der Waals surface area (Å²) in [6.07, 6.45) is 0.293. The molecule has 0 amide bonds. The fourth-order valence-electron chi connectivity index (χ4n) is 1.41. The van der Waals surface area contributed by atoms with Crippen LogP contribution < -0.4 is 10.5 Å². The largest absolute Gasteiger partial charge is 0.480 e. The molecular formula is C11H16N2O4S. The Labute approximate surface area is 106 Å². The summed E-state index contributed by atoms with van der Waals surface area (Å²) in [6, 6.07) is 5.94. The van der Waals surface area contributed by atoms with E-state index in [0.717, 1.165) is 0 Å². The Balaban J connectivity index is 3.24. The van der Waals surface area contributed by atoms with E-state index >= 15 is 0 Å². The van der Waals surface area contributed by atoms with Gasteiger partial charge in [0.2, 0.25) is 10.0 Å². The fraction of sp³-hybridized carbons (Fsp3) is 0.364. The van der Waals surface area contributed by atoms with Gasteiger partial charge in [-0.1, -0.05) is 19.1 Å². The van der Waals surface area contributed by atoms with Gasteiger partial charge in [-0.05, 0) is 25.5 Å². The van der Waals surface area contributed by atoms with Crippen molar-refractivity contribution in [1.82, 2.24) is 0 Å². The smallest absolute Gasteiger partial charge is 0.329 e. The molecule has 0 saturated heterocycles. The first-order valence-corrected chi connectivity index (χ1v) is 6.89. The maximum atomic E-state index is 11.4. The number of hydrogen-bond acceptors (Lipinski definition) is 4. The Morgan fingerprint density at radius 2 is 2.00 bits per heavy atom. The molecule has 0 aromatic heterocycles. The van der Waals surface area contributed by atoms with Gasteiger partial charge in [-0.25, -0.2) is 18.4 Å². The molecule has 1 rings (SSSR count). The van der Waals surface area contributed by atoms with Crippen LogP contribution in [0.5, 0.6) is 0 Å². The van der Waals surface area contributed by atoms with Gasteiger partial charge < -0.3 is 10.4 Å². The van der Waals surface area contributed by atoms with Crippen molar-refractivity contribution in [1.29, 1.82) is 0 Å². The summed E-state index contributed by atoms with van der Waals surface area (Å²) in [5.41, 5.74) is -1.06. The van der Waals surface area contributed by atoms with Gasteiger partial charge in [0.15, 0.2) is 0 Å². The average molecular weight is 272 g/mol. The van der Waals surface area contributed by atoms with Gasteiger partial charge in [0.05, 0.1) is 5.69 Å². The van der Waals surface area contributed by atoms with Gasteiger partial charge >= 0.3 is 5.97 Å². The highest BCUT2D eigenvalue weighted by Gasteiger charge is 2.32. The van der Waals surface area contributed by atoms with E-state index in [4.69, 9.17) is 10.2 Å². The summed E-state index contributed by atoms with van der Waals surface area (Å²) in [4.78, 5) is 11.1. The van der Waals surface area contributed by atoms with E-state index in [2.05, 4.69) is 5.32 Å². The molecule has 1 aromatic carbocycles. The number of carboxylic acids is 1. The number of carboxylic acid groups (broad SMARTS) is 1. The van der Waals surface area contributed by atoms with Gasteiger partial charge in [0.25, 0.3) is 0 Å². The van der Waals surface area contributed by atoms with Gasteiger partial charge in [-0.2, -0.15) is 0 Å². The first kappa shape index (κ1) is 14.5. The van der Waals surface area contributed by atoms with Crippen molar-refractivity contribution < 1.29 is 18.3 Å². The first-order chi connectivity index (χ1) is 8.20. The molecule has 7 heteroatoms. The molecule has 6 nitrogen and oxygen atoms in total. The van der Waals surface area contributed by atoms with Crippen molar-refractivity contribution in [3.05, 3.63) is 24.3 Å². The molecule has 0 saturated carbocycles. The number of carbonyl (C=O) groups is 1. The molecule has 1 unspecified atom stereocenters. The minimum Gasteiger partial charge on any atom is -0.480 e. The SMILES string of the molecule is CCC(C)(Nc1ccccc1S(N)(=O)=O)C(=O)O. The van der Waals surface area contributed by atoms with Crippen LogP contribution in [-0.4, -0.2) is 25.0 Å². The average Bonchev–Trinajstić information content (AvgIpc) is 2.28. The van der Waals surface area contributed by atoms with Crippen LogP contribution in [0.2, 0.25) is 0 Å². The van der Waals surface area contributed by atoms with E-state index in [1.807, 2.05) is 0 Å². The van der Waals surface area contributed by atoms with E-state index in [9.17, 15) is 13.2 Å². The number of anilines is 1. The number of hydrogen-bond donors (Lipinski definition) is 3. The van der Waals surface area contributed by atoms with Crippen molar-refractivity contribution in [2.75, 3.05) is 5.32 Å². The number of rotatable bonds is 5. The summed E-state index contributed by atoms with van der Waals surface area (Å²) >= 11 is 0. The van der Waals surface area contributed by atoms with Gasteiger partial charge in [0.1, 0.15) is 10.4 Å². The van der Waals surface area contributed by atoms with Gasteiger partial charge in [-0.15, -0.1) is 0 Å². The van der Waals surface area contributed by atoms with E-state index in [0.29, 0.717) is 6.42 Å². The van der Waals surface area contributed by atoms with Crippen molar-refractivity contribution in [3.63, 3.8) is 0 Å². The van der Waals surface area contributed by atoms with E-state index in [1.54, 1.807) is 13.0 Å². The highest BCUT2D eigenvalue weighted by molar-refractivity contribution is 7.89. The molecule has 0 aliphatic carbocycles. The molecule has 0 fully saturated rings. The zero-order valence-electron chi connectivity index (χ0n) is 10.2. The van der Waals surface area contributed by atoms with Crippen LogP contribution in [0.3, 0.4) is 0 Å². The summed E-state index contributed by atoms with van der Waals surface area (Å²) in [5.74, 6) is -1.06. The van der Waals surface area contributed by atoms with E-state index in [-0.39, 0.29) is 10.6 Å². The van der Waals surface area contributed by atoms with Crippen LogP contribution in [0, 0.1) is 0 Å². The van der Waals surface area contributed by atoms with Crippen molar-refractivity contribution in [2.45, 2.75) is 30.7 Å². The molecule has 0 aliphatic heterocycles. The lowest BCUT2D eigenvalue weighted by atomic mass is 9.99. The monoisotopic (exact) mass is 272 g/mol. The molecule has 4 N–H and O–H groups in total. The van der Waals surface area contributed by atoms with Crippen LogP contribution in [0.1, 0.15) is 20.3 Å². The number of nitrogens with one attached hydrogen (secondary N) is 1. The third-order valence-electron chi connectivity index (χ3n) is 2.78. The molecule has 1 aromatic rings. The Morgan fingerprint density at radius 3 is 2.44 bits per heavy atom. The summed E-state index contributed by atoms with van der Waals surface area (Å²) in [7, 11) is -3.90. The molecule has 0 heterocycles. The molecule has 1 atom stereocenters. The predicted molar refractivity (Wildman–Crippen MR) is 67.8 cm³/mol. The molecule has 0 radical (unpaired) electrons. The number of primary sulfonamides is 1. The number of para-hydroxylation sites is 1. The fourth-order valence-corrected chi connectivity index (χ4v) is 2.10. The Bertz CT molecular complexity index is 556. The minimum atomic E-state index is -3.90. The topological polar surface area (TPSA) is 109 Å². The second-order valence-corrected chi connectivity index (χ2v) is 5.69. The van der Waals surface area contributed by atoms with Crippen LogP contribution >= 0.6 is 0 Å². The number of nitrogens with two attached hydrogens (primary N) is 1. The highest BCUT2D eigenvalue weighted by Crippen LogP contribution is 2.25. The summed E-state index contributed by atoms with van der Waals surface area (Å²) < 4.78 is 22.8. The predicted octanol–water partition coefficient (Wildman–Crippen LogP) is 0.999. The quantitative estimate of drug-likeness (QED) is 0.740. The lowest BCUT2D eigenvalue weighted by molar-refractivity contribution is -0.141. The summed E-state index contributed by atoms with van der Waals surface area (Å²) in [5, 5.41) is 16.9. The van der Waals surface area contributed by atoms with Crippen LogP contribution in [0.25, 0.3) is 0 Å². The van der Waals surface area contributed by atoms with Gasteiger partial charge in [0, 0.05) is 0 Å². The Hall–Kier alpha value is -1.60. The second kappa shape index (κ2) is 4.95. The zero-order chi connectivity index (χ0) is 14.0. The van der Waals surface area contributed by atoms with Crippen molar-refractivity contribution in [2.24, 2.45) is 5.14 Å². The zero-order valence-corrected chi connectivity index (χ0v) is 11.0. The highest BCUT2D eigenvalue weighted by atomic mass is 32.2. The maximum absolute atomic E-state index is 11.4. The third kappa shape index (κ3) is 2.99. The lowest BCUT2D eigenvalue weighted by Crippen LogP contribution is -2.43. The molecule has 0 bridgehead atoms. The molecule has 0 aliphatic rings. The van der Waals surface area contributed by atoms with Crippen LogP contribution in [-0.2, 0) is 14.8 Å². The van der Waals surface area contributed by atoms with Crippen molar-refractivity contribution in [3.8, 4) is 0 Å². The van der Waals surface area contributed by atoms with Crippen LogP contribution in [0.4, 0.5) is 5.69 Å². The maximum Gasteiger partial charge on any atom is 0.329 e. The summed E-state index contributed by atoms with van der Waals surface area (Å²) in [6.45, 7) is 3.18. The standard InChI is InChI=1S/C11H16N2O4S/c1-3-11(2,10(14)15)13-8-6-4-5-7-9(8)18(12,16)17/h4-7,13H,3H2,1-2H3,(H,14,15)(H2,12,16,17). The minimum absolute atomic E-state index is 0.120. The number of benzene rings is 1. The molecule has 18 heavy (non-hydrogen) atoms. The van der Waals surface area contributed by atoms with Crippen molar-refractivity contribution >= 4 is 21.7 Å². The second-order valence-electron chi connectivity index (χ2n) is 4.16. The number of sulfonamides is 1. The molecule has 100 valence electrons. The van der Waals surface area contributed by atoms with E-state index < -0.39 is 21.5 Å². The Morgan fingerprint density at radius 1 is 1.44 bits per heavy atom. The molecular weight excluding hydrogens is 256 g/mol. The normalized spacial score (nSPS) is 14.8.